The summed E-state index contributed by atoms with van der Waals surface area (Å²) in [6.45, 7) is 2.12. The number of amides is 2. The zero-order valence-electron chi connectivity index (χ0n) is 12.3. The number of hydrogen-bond acceptors (Lipinski definition) is 5. The summed E-state index contributed by atoms with van der Waals surface area (Å²) in [6, 6.07) is 3.69. The fourth-order valence-corrected chi connectivity index (χ4v) is 2.83. The second kappa shape index (κ2) is 6.79. The number of carbonyl (C=O) groups excluding carboxylic acids is 2. The van der Waals surface area contributed by atoms with Gasteiger partial charge in [-0.15, -0.1) is 0 Å². The summed E-state index contributed by atoms with van der Waals surface area (Å²) in [5, 5.41) is 0.251. The Morgan fingerprint density at radius 2 is 1.87 bits per heavy atom. The molecule has 2 amide bonds. The van der Waals surface area contributed by atoms with Gasteiger partial charge in [0.15, 0.2) is 0 Å². The number of piperazine rings is 1. The fourth-order valence-electron chi connectivity index (χ4n) is 2.67. The molecule has 124 valence electrons. The molecular weight excluding hydrogens is 325 g/mol. The number of hydrazine groups is 2. The van der Waals surface area contributed by atoms with Crippen LogP contribution < -0.4 is 16.4 Å². The number of benzene rings is 1. The van der Waals surface area contributed by atoms with E-state index in [0.717, 1.165) is 6.07 Å². The van der Waals surface area contributed by atoms with E-state index in [1.165, 1.54) is 12.1 Å². The van der Waals surface area contributed by atoms with Crippen LogP contribution in [0.3, 0.4) is 0 Å². The predicted octanol–water partition coefficient (Wildman–Crippen LogP) is -0.255. The molecule has 0 radical (unpaired) electrons. The van der Waals surface area contributed by atoms with Gasteiger partial charge in [0.05, 0.1) is 5.56 Å². The smallest absolute Gasteiger partial charge is 0.256 e. The van der Waals surface area contributed by atoms with Gasteiger partial charge in [0.1, 0.15) is 11.9 Å². The summed E-state index contributed by atoms with van der Waals surface area (Å²) in [5.74, 6) is -1.03. The first kappa shape index (κ1) is 16.1. The summed E-state index contributed by atoms with van der Waals surface area (Å²) < 4.78 is 13.8. The number of halogens is 2. The summed E-state index contributed by atoms with van der Waals surface area (Å²) in [4.78, 5) is 27.9. The Bertz CT molecular complexity index is 615. The average molecular weight is 342 g/mol. The number of rotatable bonds is 2. The lowest BCUT2D eigenvalue weighted by Gasteiger charge is -2.35. The van der Waals surface area contributed by atoms with E-state index < -0.39 is 5.82 Å². The van der Waals surface area contributed by atoms with Crippen LogP contribution in [-0.2, 0) is 4.79 Å². The highest BCUT2D eigenvalue weighted by atomic mass is 35.5. The second-order valence-electron chi connectivity index (χ2n) is 5.44. The van der Waals surface area contributed by atoms with Gasteiger partial charge in [-0.25, -0.2) is 15.2 Å². The zero-order valence-corrected chi connectivity index (χ0v) is 13.1. The van der Waals surface area contributed by atoms with Crippen LogP contribution in [0.5, 0.6) is 0 Å². The van der Waals surface area contributed by atoms with E-state index >= 15 is 0 Å². The molecule has 23 heavy (non-hydrogen) atoms. The van der Waals surface area contributed by atoms with E-state index in [9.17, 15) is 14.0 Å². The quantitative estimate of drug-likeness (QED) is 0.691. The molecule has 7 nitrogen and oxygen atoms in total. The van der Waals surface area contributed by atoms with Crippen molar-refractivity contribution < 1.29 is 14.0 Å². The highest BCUT2D eigenvalue weighted by Gasteiger charge is 2.31. The van der Waals surface area contributed by atoms with Crippen molar-refractivity contribution in [3.05, 3.63) is 34.6 Å². The Morgan fingerprint density at radius 1 is 1.17 bits per heavy atom. The highest BCUT2D eigenvalue weighted by Crippen LogP contribution is 2.17. The molecule has 3 N–H and O–H groups in total. The minimum Gasteiger partial charge on any atom is -0.338 e. The predicted molar refractivity (Wildman–Crippen MR) is 82.0 cm³/mol. The van der Waals surface area contributed by atoms with Crippen LogP contribution in [0.15, 0.2) is 18.2 Å². The maximum atomic E-state index is 13.8. The number of nitrogens with one attached hydrogen (secondary N) is 3. The summed E-state index contributed by atoms with van der Waals surface area (Å²) in [6.07, 6.45) is 0. The summed E-state index contributed by atoms with van der Waals surface area (Å²) in [5.41, 5.74) is 8.34. The normalized spacial score (nSPS) is 21.6. The van der Waals surface area contributed by atoms with Crippen molar-refractivity contribution in [2.45, 2.75) is 6.04 Å². The van der Waals surface area contributed by atoms with Gasteiger partial charge in [-0.1, -0.05) is 11.6 Å². The molecule has 1 aromatic carbocycles. The third-order valence-corrected chi connectivity index (χ3v) is 4.21. The molecule has 2 aliphatic rings. The van der Waals surface area contributed by atoms with Crippen LogP contribution in [0.1, 0.15) is 10.4 Å². The first-order valence-electron chi connectivity index (χ1n) is 7.33. The molecule has 2 heterocycles. The Labute approximate surface area is 137 Å². The van der Waals surface area contributed by atoms with E-state index in [1.807, 2.05) is 0 Å². The van der Waals surface area contributed by atoms with Crippen LogP contribution >= 0.6 is 11.6 Å². The van der Waals surface area contributed by atoms with Gasteiger partial charge >= 0.3 is 0 Å². The molecule has 0 spiro atoms. The Hall–Kier alpha value is -1.74. The largest absolute Gasteiger partial charge is 0.338 e. The van der Waals surface area contributed by atoms with Gasteiger partial charge < -0.3 is 9.80 Å². The van der Waals surface area contributed by atoms with Gasteiger partial charge in [-0.2, -0.15) is 5.53 Å². The lowest BCUT2D eigenvalue weighted by molar-refractivity contribution is -0.134. The molecule has 1 unspecified atom stereocenters. The summed E-state index contributed by atoms with van der Waals surface area (Å²) in [7, 11) is 0. The number of nitrogens with zero attached hydrogens (tertiary/aromatic N) is 2. The molecule has 0 aliphatic carbocycles. The SMILES string of the molecule is O=C(c1ccc(Cl)cc1F)N1CCN(C(=O)C2CNNN2)CC1. The molecule has 0 aromatic heterocycles. The van der Waals surface area contributed by atoms with Gasteiger partial charge in [-0.05, 0) is 18.2 Å². The zero-order chi connectivity index (χ0) is 16.4. The molecule has 1 aromatic rings. The monoisotopic (exact) mass is 341 g/mol. The second-order valence-corrected chi connectivity index (χ2v) is 5.88. The fraction of sp³-hybridized carbons (Fsp3) is 0.429. The Balaban J connectivity index is 1.60. The minimum atomic E-state index is -0.631. The molecule has 2 aliphatic heterocycles. The maximum Gasteiger partial charge on any atom is 0.256 e. The number of hydrogen-bond donors (Lipinski definition) is 3. The maximum absolute atomic E-state index is 13.8. The number of carbonyl (C=O) groups is 2. The van der Waals surface area contributed by atoms with Crippen molar-refractivity contribution in [1.29, 1.82) is 0 Å². The molecule has 2 saturated heterocycles. The van der Waals surface area contributed by atoms with Crippen LogP contribution in [0.25, 0.3) is 0 Å². The highest BCUT2D eigenvalue weighted by molar-refractivity contribution is 6.30. The molecule has 9 heteroatoms. The van der Waals surface area contributed by atoms with E-state index in [2.05, 4.69) is 16.4 Å². The van der Waals surface area contributed by atoms with E-state index in [0.29, 0.717) is 32.7 Å². The first-order valence-corrected chi connectivity index (χ1v) is 7.70. The minimum absolute atomic E-state index is 0.0000334. The van der Waals surface area contributed by atoms with Crippen LogP contribution in [0.2, 0.25) is 5.02 Å². The lowest BCUT2D eigenvalue weighted by Crippen LogP contribution is -2.55. The molecule has 0 saturated carbocycles. The van der Waals surface area contributed by atoms with Crippen molar-refractivity contribution in [1.82, 2.24) is 26.2 Å². The van der Waals surface area contributed by atoms with Crippen LogP contribution in [0.4, 0.5) is 4.39 Å². The Morgan fingerprint density at radius 3 is 2.48 bits per heavy atom. The lowest BCUT2D eigenvalue weighted by atomic mass is 10.1. The third kappa shape index (κ3) is 3.45. The van der Waals surface area contributed by atoms with E-state index in [4.69, 9.17) is 11.6 Å². The van der Waals surface area contributed by atoms with Crippen LogP contribution in [-0.4, -0.2) is 60.4 Å². The van der Waals surface area contributed by atoms with Crippen molar-refractivity contribution in [2.24, 2.45) is 0 Å². The third-order valence-electron chi connectivity index (χ3n) is 3.98. The van der Waals surface area contributed by atoms with Crippen molar-refractivity contribution >= 4 is 23.4 Å². The average Bonchev–Trinajstić information content (AvgIpc) is 3.08. The molecule has 2 fully saturated rings. The topological polar surface area (TPSA) is 76.7 Å². The molecule has 0 bridgehead atoms. The standard InChI is InChI=1S/C14H17ClFN5O2/c15-9-1-2-10(11(16)7-9)13(22)20-3-5-21(6-4-20)14(23)12-8-17-19-18-12/h1-2,7,12,17-19H,3-6,8H2. The van der Waals surface area contributed by atoms with Crippen molar-refractivity contribution in [3.8, 4) is 0 Å². The van der Waals surface area contributed by atoms with E-state index in [-0.39, 0.29) is 28.4 Å². The van der Waals surface area contributed by atoms with Gasteiger partial charge in [0, 0.05) is 37.7 Å². The van der Waals surface area contributed by atoms with Gasteiger partial charge in [0.25, 0.3) is 5.91 Å². The summed E-state index contributed by atoms with van der Waals surface area (Å²) >= 11 is 5.70. The first-order chi connectivity index (χ1) is 11.1. The van der Waals surface area contributed by atoms with Crippen LogP contribution in [0, 0.1) is 5.82 Å². The Kier molecular flexibility index (Phi) is 4.76. The van der Waals surface area contributed by atoms with Crippen molar-refractivity contribution in [2.75, 3.05) is 32.7 Å². The van der Waals surface area contributed by atoms with E-state index in [1.54, 1.807) is 9.80 Å². The van der Waals surface area contributed by atoms with Gasteiger partial charge in [-0.3, -0.25) is 9.59 Å². The molecular formula is C14H17ClFN5O2. The van der Waals surface area contributed by atoms with Crippen molar-refractivity contribution in [3.63, 3.8) is 0 Å². The molecule has 1 atom stereocenters. The van der Waals surface area contributed by atoms with Gasteiger partial charge in [0.2, 0.25) is 5.91 Å². The molecule has 3 rings (SSSR count).